The van der Waals surface area contributed by atoms with Gasteiger partial charge >= 0.3 is 0 Å². The predicted molar refractivity (Wildman–Crippen MR) is 72.6 cm³/mol. The molecule has 0 amide bonds. The van der Waals surface area contributed by atoms with E-state index in [0.717, 1.165) is 19.1 Å². The molecule has 1 heterocycles. The highest BCUT2D eigenvalue weighted by Gasteiger charge is 2.21. The summed E-state index contributed by atoms with van der Waals surface area (Å²) in [6.07, 6.45) is 2.48. The van der Waals surface area contributed by atoms with Gasteiger partial charge in [0.1, 0.15) is 0 Å². The van der Waals surface area contributed by atoms with Gasteiger partial charge in [-0.3, -0.25) is 0 Å². The molecule has 0 radical (unpaired) electrons. The van der Waals surface area contributed by atoms with Crippen LogP contribution in [-0.4, -0.2) is 49.5 Å². The Labute approximate surface area is 109 Å². The van der Waals surface area contributed by atoms with Crippen molar-refractivity contribution in [3.8, 4) is 0 Å². The van der Waals surface area contributed by atoms with E-state index in [4.69, 9.17) is 9.84 Å². The molecule has 0 aromatic heterocycles. The third-order valence-corrected chi connectivity index (χ3v) is 3.52. The molecule has 1 aromatic rings. The van der Waals surface area contributed by atoms with Crippen LogP contribution >= 0.6 is 0 Å². The Morgan fingerprint density at radius 2 is 2.06 bits per heavy atom. The van der Waals surface area contributed by atoms with Crippen molar-refractivity contribution in [2.75, 3.05) is 39.5 Å². The van der Waals surface area contributed by atoms with Gasteiger partial charge in [0, 0.05) is 13.1 Å². The second-order valence-corrected chi connectivity index (χ2v) is 4.98. The third-order valence-electron chi connectivity index (χ3n) is 3.52. The van der Waals surface area contributed by atoms with Crippen molar-refractivity contribution in [1.29, 1.82) is 0 Å². The van der Waals surface area contributed by atoms with Gasteiger partial charge in [-0.15, -0.1) is 0 Å². The van der Waals surface area contributed by atoms with E-state index in [-0.39, 0.29) is 6.61 Å². The van der Waals surface area contributed by atoms with Crippen LogP contribution in [0.5, 0.6) is 0 Å². The molecule has 18 heavy (non-hydrogen) atoms. The quantitative estimate of drug-likeness (QED) is 0.744. The minimum atomic E-state index is 0.122. The van der Waals surface area contributed by atoms with Gasteiger partial charge in [-0.25, -0.2) is 0 Å². The lowest BCUT2D eigenvalue weighted by molar-refractivity contribution is 0.0775. The molecule has 1 aliphatic rings. The summed E-state index contributed by atoms with van der Waals surface area (Å²) in [7, 11) is 0. The van der Waals surface area contributed by atoms with E-state index in [9.17, 15) is 0 Å². The maximum atomic E-state index is 8.63. The Hall–Kier alpha value is -0.900. The van der Waals surface area contributed by atoms with Crippen molar-refractivity contribution in [2.24, 2.45) is 5.92 Å². The summed E-state index contributed by atoms with van der Waals surface area (Å²) in [4.78, 5) is 2.46. The zero-order valence-electron chi connectivity index (χ0n) is 10.9. The highest BCUT2D eigenvalue weighted by molar-refractivity contribution is 5.15. The molecule has 3 heteroatoms. The summed E-state index contributed by atoms with van der Waals surface area (Å²) in [5.74, 6) is 0.783. The van der Waals surface area contributed by atoms with Crippen LogP contribution in [0.4, 0.5) is 0 Å². The number of aliphatic hydroxyl groups excluding tert-OH is 1. The van der Waals surface area contributed by atoms with Crippen LogP contribution in [0, 0.1) is 5.92 Å². The van der Waals surface area contributed by atoms with Crippen molar-refractivity contribution in [1.82, 2.24) is 4.90 Å². The lowest BCUT2D eigenvalue weighted by Gasteiger charge is -2.15. The van der Waals surface area contributed by atoms with Crippen molar-refractivity contribution in [3.05, 3.63) is 35.9 Å². The Balaban J connectivity index is 1.65. The van der Waals surface area contributed by atoms with Gasteiger partial charge in [0.15, 0.2) is 0 Å². The average molecular weight is 249 g/mol. The van der Waals surface area contributed by atoms with E-state index < -0.39 is 0 Å². The van der Waals surface area contributed by atoms with Gasteiger partial charge in [0.25, 0.3) is 0 Å². The highest BCUT2D eigenvalue weighted by Crippen LogP contribution is 2.20. The topological polar surface area (TPSA) is 32.7 Å². The zero-order valence-corrected chi connectivity index (χ0v) is 10.9. The summed E-state index contributed by atoms with van der Waals surface area (Å²) < 4.78 is 5.31. The molecule has 0 bridgehead atoms. The zero-order chi connectivity index (χ0) is 12.6. The number of likely N-dealkylation sites (tertiary alicyclic amines) is 1. The fraction of sp³-hybridized carbons (Fsp3) is 0.600. The Kier molecular flexibility index (Phi) is 5.65. The smallest absolute Gasteiger partial charge is 0.0698 e. The van der Waals surface area contributed by atoms with Gasteiger partial charge in [-0.2, -0.15) is 0 Å². The highest BCUT2D eigenvalue weighted by atomic mass is 16.5. The molecule has 1 atom stereocenters. The van der Waals surface area contributed by atoms with E-state index in [0.29, 0.717) is 6.61 Å². The maximum absolute atomic E-state index is 8.63. The van der Waals surface area contributed by atoms with Gasteiger partial charge in [0.05, 0.1) is 19.8 Å². The maximum Gasteiger partial charge on any atom is 0.0698 e. The van der Waals surface area contributed by atoms with Gasteiger partial charge in [-0.05, 0) is 30.9 Å². The minimum Gasteiger partial charge on any atom is -0.394 e. The number of hydrogen-bond acceptors (Lipinski definition) is 3. The normalized spacial score (nSPS) is 20.4. The number of nitrogens with zero attached hydrogens (tertiary/aromatic N) is 1. The van der Waals surface area contributed by atoms with Crippen LogP contribution < -0.4 is 0 Å². The number of ether oxygens (including phenoxy) is 1. The Morgan fingerprint density at radius 1 is 1.22 bits per heavy atom. The van der Waals surface area contributed by atoms with Crippen LogP contribution in [0.3, 0.4) is 0 Å². The summed E-state index contributed by atoms with van der Waals surface area (Å²) >= 11 is 0. The minimum absolute atomic E-state index is 0.122. The van der Waals surface area contributed by atoms with Crippen molar-refractivity contribution in [2.45, 2.75) is 12.8 Å². The second-order valence-electron chi connectivity index (χ2n) is 4.98. The third kappa shape index (κ3) is 4.41. The first-order valence-corrected chi connectivity index (χ1v) is 6.83. The van der Waals surface area contributed by atoms with Crippen molar-refractivity contribution >= 4 is 0 Å². The van der Waals surface area contributed by atoms with Crippen LogP contribution in [-0.2, 0) is 11.2 Å². The fourth-order valence-corrected chi connectivity index (χ4v) is 2.59. The number of hydrogen-bond donors (Lipinski definition) is 1. The van der Waals surface area contributed by atoms with Crippen molar-refractivity contribution < 1.29 is 9.84 Å². The van der Waals surface area contributed by atoms with Crippen molar-refractivity contribution in [3.63, 3.8) is 0 Å². The molecule has 100 valence electrons. The average Bonchev–Trinajstić information content (AvgIpc) is 2.84. The SMILES string of the molecule is OCCOCCN1CCC(Cc2ccccc2)C1. The molecular weight excluding hydrogens is 226 g/mol. The Bertz CT molecular complexity index is 329. The first-order chi connectivity index (χ1) is 8.88. The molecule has 1 aromatic carbocycles. The monoisotopic (exact) mass is 249 g/mol. The summed E-state index contributed by atoms with van der Waals surface area (Å²) in [6, 6.07) is 10.7. The predicted octanol–water partition coefficient (Wildman–Crippen LogP) is 1.56. The summed E-state index contributed by atoms with van der Waals surface area (Å²) in [6.45, 7) is 4.67. The number of benzene rings is 1. The Morgan fingerprint density at radius 3 is 2.83 bits per heavy atom. The fourth-order valence-electron chi connectivity index (χ4n) is 2.59. The standard InChI is InChI=1S/C15H23NO2/c17-9-11-18-10-8-16-7-6-15(13-16)12-14-4-2-1-3-5-14/h1-5,15,17H,6-13H2. The summed E-state index contributed by atoms with van der Waals surface area (Å²) in [5.41, 5.74) is 1.45. The van der Waals surface area contributed by atoms with E-state index in [1.165, 1.54) is 31.5 Å². The molecule has 1 aliphatic heterocycles. The molecule has 3 nitrogen and oxygen atoms in total. The largest absolute Gasteiger partial charge is 0.394 e. The van der Waals surface area contributed by atoms with Gasteiger partial charge in [-0.1, -0.05) is 30.3 Å². The van der Waals surface area contributed by atoms with Gasteiger partial charge in [0.2, 0.25) is 0 Å². The molecule has 2 rings (SSSR count). The van der Waals surface area contributed by atoms with Crippen LogP contribution in [0.15, 0.2) is 30.3 Å². The molecule has 1 unspecified atom stereocenters. The van der Waals surface area contributed by atoms with Gasteiger partial charge < -0.3 is 14.7 Å². The molecule has 0 aliphatic carbocycles. The molecule has 1 fully saturated rings. The number of rotatable bonds is 7. The van der Waals surface area contributed by atoms with E-state index >= 15 is 0 Å². The second kappa shape index (κ2) is 7.52. The number of aliphatic hydroxyl groups is 1. The van der Waals surface area contributed by atoms with E-state index in [1.54, 1.807) is 0 Å². The molecule has 0 saturated carbocycles. The van der Waals surface area contributed by atoms with Crippen LogP contribution in [0.1, 0.15) is 12.0 Å². The first kappa shape index (κ1) is 13.5. The molecule has 0 spiro atoms. The van der Waals surface area contributed by atoms with E-state index in [2.05, 4.69) is 35.2 Å². The van der Waals surface area contributed by atoms with Crippen LogP contribution in [0.25, 0.3) is 0 Å². The van der Waals surface area contributed by atoms with Crippen LogP contribution in [0.2, 0.25) is 0 Å². The first-order valence-electron chi connectivity index (χ1n) is 6.83. The van der Waals surface area contributed by atoms with E-state index in [1.807, 2.05) is 0 Å². The molecule has 1 N–H and O–H groups in total. The lowest BCUT2D eigenvalue weighted by atomic mass is 9.99. The summed E-state index contributed by atoms with van der Waals surface area (Å²) in [5, 5.41) is 8.63. The lowest BCUT2D eigenvalue weighted by Crippen LogP contribution is -2.26. The molecule has 1 saturated heterocycles. The molecular formula is C15H23NO2.